The minimum atomic E-state index is -0.501. The van der Waals surface area contributed by atoms with E-state index in [2.05, 4.69) is 5.32 Å². The van der Waals surface area contributed by atoms with Crippen LogP contribution in [0.3, 0.4) is 0 Å². The highest BCUT2D eigenvalue weighted by Gasteiger charge is 2.36. The van der Waals surface area contributed by atoms with Gasteiger partial charge >= 0.3 is 0 Å². The molecule has 3 amide bonds. The molecular weight excluding hydrogens is 412 g/mol. The highest BCUT2D eigenvalue weighted by molar-refractivity contribution is 8.18. The van der Waals surface area contributed by atoms with Gasteiger partial charge in [-0.2, -0.15) is 0 Å². The molecule has 29 heavy (non-hydrogen) atoms. The third kappa shape index (κ3) is 5.19. The Morgan fingerprint density at radius 1 is 1.24 bits per heavy atom. The molecule has 0 unspecified atom stereocenters. The number of ether oxygens (including phenoxy) is 1. The van der Waals surface area contributed by atoms with Gasteiger partial charge in [-0.25, -0.2) is 0 Å². The van der Waals surface area contributed by atoms with Crippen molar-refractivity contribution in [2.75, 3.05) is 18.5 Å². The molecule has 1 saturated heterocycles. The van der Waals surface area contributed by atoms with Crippen molar-refractivity contribution in [3.63, 3.8) is 0 Å². The van der Waals surface area contributed by atoms with Crippen LogP contribution in [0.4, 0.5) is 10.5 Å². The van der Waals surface area contributed by atoms with Crippen LogP contribution in [0.25, 0.3) is 6.08 Å². The van der Waals surface area contributed by atoms with Gasteiger partial charge in [0.2, 0.25) is 5.91 Å². The van der Waals surface area contributed by atoms with Crippen LogP contribution in [0.2, 0.25) is 5.02 Å². The van der Waals surface area contributed by atoms with Crippen molar-refractivity contribution in [2.24, 2.45) is 0 Å². The van der Waals surface area contributed by atoms with Gasteiger partial charge in [0.1, 0.15) is 12.3 Å². The first-order chi connectivity index (χ1) is 13.9. The van der Waals surface area contributed by atoms with Gasteiger partial charge < -0.3 is 10.1 Å². The average Bonchev–Trinajstić information content (AvgIpc) is 2.93. The van der Waals surface area contributed by atoms with Crippen molar-refractivity contribution < 1.29 is 19.1 Å². The van der Waals surface area contributed by atoms with E-state index in [1.165, 1.54) is 0 Å². The lowest BCUT2D eigenvalue weighted by atomic mass is 10.2. The number of nitrogens with zero attached hydrogens (tertiary/aromatic N) is 1. The van der Waals surface area contributed by atoms with E-state index >= 15 is 0 Å². The number of hydrogen-bond donors (Lipinski definition) is 1. The Bertz CT molecular complexity index is 1010. The molecule has 150 valence electrons. The lowest BCUT2D eigenvalue weighted by Gasteiger charge is -2.13. The number of rotatable bonds is 6. The number of imide groups is 1. The first-order valence-electron chi connectivity index (χ1n) is 8.91. The zero-order chi connectivity index (χ0) is 21.0. The van der Waals surface area contributed by atoms with E-state index in [1.54, 1.807) is 36.4 Å². The third-order valence-electron chi connectivity index (χ3n) is 4.10. The van der Waals surface area contributed by atoms with Gasteiger partial charge in [-0.15, -0.1) is 0 Å². The second kappa shape index (κ2) is 9.15. The smallest absolute Gasteiger partial charge is 0.294 e. The van der Waals surface area contributed by atoms with Crippen molar-refractivity contribution >= 4 is 52.2 Å². The Labute approximate surface area is 177 Å². The predicted octanol–water partition coefficient (Wildman–Crippen LogP) is 4.72. The molecule has 8 heteroatoms. The van der Waals surface area contributed by atoms with Crippen LogP contribution in [0.1, 0.15) is 18.1 Å². The quantitative estimate of drug-likeness (QED) is 0.671. The van der Waals surface area contributed by atoms with Crippen LogP contribution in [0, 0.1) is 6.92 Å². The first kappa shape index (κ1) is 21.0. The van der Waals surface area contributed by atoms with E-state index in [4.69, 9.17) is 16.3 Å². The molecule has 0 atom stereocenters. The number of thioether (sulfide) groups is 1. The summed E-state index contributed by atoms with van der Waals surface area (Å²) in [4.78, 5) is 38.3. The molecule has 0 radical (unpaired) electrons. The highest BCUT2D eigenvalue weighted by Crippen LogP contribution is 2.32. The number of hydrogen-bond acceptors (Lipinski definition) is 5. The zero-order valence-electron chi connectivity index (χ0n) is 15.9. The molecule has 6 nitrogen and oxygen atoms in total. The molecule has 1 aliphatic rings. The Morgan fingerprint density at radius 3 is 2.76 bits per heavy atom. The minimum absolute atomic E-state index is 0.259. The van der Waals surface area contributed by atoms with Crippen LogP contribution in [0.5, 0.6) is 5.75 Å². The number of amides is 3. The number of aryl methyl sites for hydroxylation is 1. The molecule has 0 spiro atoms. The Hall–Kier alpha value is -2.77. The van der Waals surface area contributed by atoms with Crippen molar-refractivity contribution in [1.29, 1.82) is 0 Å². The minimum Gasteiger partial charge on any atom is -0.494 e. The summed E-state index contributed by atoms with van der Waals surface area (Å²) >= 11 is 6.86. The maximum Gasteiger partial charge on any atom is 0.294 e. The van der Waals surface area contributed by atoms with Gasteiger partial charge in [-0.3, -0.25) is 19.3 Å². The lowest BCUT2D eigenvalue weighted by Crippen LogP contribution is -2.36. The Kier molecular flexibility index (Phi) is 6.61. The Morgan fingerprint density at radius 2 is 2.03 bits per heavy atom. The number of benzene rings is 2. The normalized spacial score (nSPS) is 15.1. The summed E-state index contributed by atoms with van der Waals surface area (Å²) in [7, 11) is 0. The van der Waals surface area contributed by atoms with Gasteiger partial charge in [0.05, 0.1) is 11.5 Å². The van der Waals surface area contributed by atoms with E-state index in [9.17, 15) is 14.4 Å². The molecule has 1 aliphatic heterocycles. The number of halogens is 1. The summed E-state index contributed by atoms with van der Waals surface area (Å²) in [6.07, 6.45) is 1.62. The van der Waals surface area contributed by atoms with Crippen LogP contribution < -0.4 is 10.1 Å². The van der Waals surface area contributed by atoms with E-state index in [0.717, 1.165) is 27.8 Å². The third-order valence-corrected chi connectivity index (χ3v) is 5.41. The summed E-state index contributed by atoms with van der Waals surface area (Å²) in [5, 5.41) is 2.68. The van der Waals surface area contributed by atoms with E-state index in [0.29, 0.717) is 23.1 Å². The topological polar surface area (TPSA) is 75.7 Å². The summed E-state index contributed by atoms with van der Waals surface area (Å²) in [6.45, 7) is 3.89. The van der Waals surface area contributed by atoms with Crippen LogP contribution in [-0.2, 0) is 9.59 Å². The van der Waals surface area contributed by atoms with Crippen molar-refractivity contribution in [3.8, 4) is 5.75 Å². The predicted molar refractivity (Wildman–Crippen MR) is 115 cm³/mol. The fourth-order valence-corrected chi connectivity index (χ4v) is 3.68. The lowest BCUT2D eigenvalue weighted by molar-refractivity contribution is -0.127. The summed E-state index contributed by atoms with van der Waals surface area (Å²) in [5.74, 6) is -0.303. The summed E-state index contributed by atoms with van der Waals surface area (Å²) < 4.78 is 5.44. The van der Waals surface area contributed by atoms with Gasteiger partial charge in [-0.1, -0.05) is 29.8 Å². The van der Waals surface area contributed by atoms with E-state index in [1.807, 2.05) is 26.0 Å². The summed E-state index contributed by atoms with van der Waals surface area (Å²) in [5.41, 5.74) is 2.12. The van der Waals surface area contributed by atoms with Crippen molar-refractivity contribution in [3.05, 3.63) is 63.5 Å². The van der Waals surface area contributed by atoms with Crippen molar-refractivity contribution in [2.45, 2.75) is 13.8 Å². The molecule has 1 N–H and O–H groups in total. The number of anilines is 1. The second-order valence-corrected chi connectivity index (χ2v) is 7.69. The maximum absolute atomic E-state index is 12.6. The van der Waals surface area contributed by atoms with Crippen LogP contribution >= 0.6 is 23.4 Å². The fraction of sp³-hybridized carbons (Fsp3) is 0.190. The van der Waals surface area contributed by atoms with E-state index < -0.39 is 17.1 Å². The number of carbonyl (C=O) groups excluding carboxylic acids is 3. The fourth-order valence-electron chi connectivity index (χ4n) is 2.66. The molecule has 2 aromatic carbocycles. The van der Waals surface area contributed by atoms with Gasteiger partial charge in [0, 0.05) is 10.7 Å². The molecule has 2 aromatic rings. The first-order valence-corrected chi connectivity index (χ1v) is 10.1. The standard InChI is InChI=1S/C21H19ClN2O4S/c1-3-28-16-6-4-5-14(9-16)10-18-20(26)24(21(27)29-18)12-19(25)23-15-8-7-13(2)17(22)11-15/h4-11H,3,12H2,1-2H3,(H,23,25)/b18-10-. The second-order valence-electron chi connectivity index (χ2n) is 6.29. The van der Waals surface area contributed by atoms with Gasteiger partial charge in [0.25, 0.3) is 11.1 Å². The molecule has 0 aromatic heterocycles. The summed E-state index contributed by atoms with van der Waals surface area (Å²) in [6, 6.07) is 12.3. The Balaban J connectivity index is 1.69. The monoisotopic (exact) mass is 430 g/mol. The average molecular weight is 431 g/mol. The van der Waals surface area contributed by atoms with Gasteiger partial charge in [-0.05, 0) is 67.1 Å². The van der Waals surface area contributed by atoms with E-state index in [-0.39, 0.29) is 11.4 Å². The van der Waals surface area contributed by atoms with Crippen molar-refractivity contribution in [1.82, 2.24) is 4.90 Å². The zero-order valence-corrected chi connectivity index (χ0v) is 17.5. The maximum atomic E-state index is 12.6. The molecule has 1 fully saturated rings. The SMILES string of the molecule is CCOc1cccc(/C=C2\SC(=O)N(CC(=O)Nc3ccc(C)c(Cl)c3)C2=O)c1. The van der Waals surface area contributed by atoms with Crippen LogP contribution in [0.15, 0.2) is 47.4 Å². The number of nitrogens with one attached hydrogen (secondary N) is 1. The molecule has 0 bridgehead atoms. The van der Waals surface area contributed by atoms with Crippen LogP contribution in [-0.4, -0.2) is 35.1 Å². The number of carbonyl (C=O) groups is 3. The highest BCUT2D eigenvalue weighted by atomic mass is 35.5. The van der Waals surface area contributed by atoms with Gasteiger partial charge in [0.15, 0.2) is 0 Å². The molecule has 3 rings (SSSR count). The molecular formula is C21H19ClN2O4S. The largest absolute Gasteiger partial charge is 0.494 e. The molecule has 0 aliphatic carbocycles. The molecule has 1 heterocycles. The molecule has 0 saturated carbocycles.